The number of aromatic nitrogens is 3. The number of imidazole rings is 1. The largest absolute Gasteiger partial charge is 0.481 e. The van der Waals surface area contributed by atoms with Crippen molar-refractivity contribution in [1.29, 1.82) is 0 Å². The van der Waals surface area contributed by atoms with E-state index < -0.39 is 0 Å². The molecule has 0 aliphatic rings. The van der Waals surface area contributed by atoms with E-state index in [9.17, 15) is 4.79 Å². The number of carbonyl (C=O) groups excluding carboxylic acids is 1. The lowest BCUT2D eigenvalue weighted by Crippen LogP contribution is -2.21. The molecule has 134 valence electrons. The molecule has 27 heavy (non-hydrogen) atoms. The van der Waals surface area contributed by atoms with Gasteiger partial charge in [0.2, 0.25) is 0 Å². The standard InChI is InChI=1S/C20H15ClN4O2/c21-15-7-8-18(20-14(15)4-3-9-23-20)27-12-19(26)24-16-5-1-2-6-17(16)25-11-10-22-13-25/h1-11,13H,12H2,(H,24,26). The van der Waals surface area contributed by atoms with E-state index in [0.717, 1.165) is 11.1 Å². The molecule has 1 amide bonds. The van der Waals surface area contributed by atoms with Crippen LogP contribution in [0.5, 0.6) is 5.75 Å². The molecule has 0 bridgehead atoms. The monoisotopic (exact) mass is 378 g/mol. The summed E-state index contributed by atoms with van der Waals surface area (Å²) in [5, 5.41) is 4.24. The van der Waals surface area contributed by atoms with Gasteiger partial charge >= 0.3 is 0 Å². The molecule has 2 heterocycles. The number of para-hydroxylation sites is 2. The molecular weight excluding hydrogens is 364 g/mol. The van der Waals surface area contributed by atoms with E-state index in [0.29, 0.717) is 22.0 Å². The number of carbonyl (C=O) groups is 1. The molecule has 0 saturated heterocycles. The quantitative estimate of drug-likeness (QED) is 0.568. The summed E-state index contributed by atoms with van der Waals surface area (Å²) >= 11 is 6.18. The maximum Gasteiger partial charge on any atom is 0.262 e. The summed E-state index contributed by atoms with van der Waals surface area (Å²) in [6.07, 6.45) is 6.83. The minimum absolute atomic E-state index is 0.147. The van der Waals surface area contributed by atoms with Crippen LogP contribution in [0, 0.1) is 0 Å². The first-order valence-electron chi connectivity index (χ1n) is 8.25. The second-order valence-corrected chi connectivity index (χ2v) is 6.18. The Bertz CT molecular complexity index is 1100. The van der Waals surface area contributed by atoms with E-state index in [-0.39, 0.29) is 12.5 Å². The molecule has 0 radical (unpaired) electrons. The van der Waals surface area contributed by atoms with Gasteiger partial charge in [0, 0.05) is 24.0 Å². The van der Waals surface area contributed by atoms with E-state index in [2.05, 4.69) is 15.3 Å². The number of nitrogens with one attached hydrogen (secondary N) is 1. The van der Waals surface area contributed by atoms with Crippen molar-refractivity contribution < 1.29 is 9.53 Å². The zero-order valence-corrected chi connectivity index (χ0v) is 14.9. The van der Waals surface area contributed by atoms with Crippen molar-refractivity contribution in [1.82, 2.24) is 14.5 Å². The number of halogens is 1. The van der Waals surface area contributed by atoms with Gasteiger partial charge in [-0.1, -0.05) is 23.7 Å². The lowest BCUT2D eigenvalue weighted by atomic mass is 10.2. The Morgan fingerprint density at radius 1 is 1.11 bits per heavy atom. The summed E-state index contributed by atoms with van der Waals surface area (Å²) in [6.45, 7) is -0.147. The van der Waals surface area contributed by atoms with E-state index in [1.54, 1.807) is 36.9 Å². The van der Waals surface area contributed by atoms with E-state index in [1.807, 2.05) is 41.1 Å². The van der Waals surface area contributed by atoms with Gasteiger partial charge in [-0.2, -0.15) is 0 Å². The number of ether oxygens (including phenoxy) is 1. The molecular formula is C20H15ClN4O2. The van der Waals surface area contributed by atoms with Crippen LogP contribution in [0.25, 0.3) is 16.6 Å². The van der Waals surface area contributed by atoms with Crippen LogP contribution in [0.3, 0.4) is 0 Å². The highest BCUT2D eigenvalue weighted by atomic mass is 35.5. The number of pyridine rings is 1. The number of nitrogens with zero attached hydrogens (tertiary/aromatic N) is 3. The fraction of sp³-hybridized carbons (Fsp3) is 0.0500. The van der Waals surface area contributed by atoms with Crippen LogP contribution in [0.4, 0.5) is 5.69 Å². The number of rotatable bonds is 5. The number of hydrogen-bond donors (Lipinski definition) is 1. The lowest BCUT2D eigenvalue weighted by molar-refractivity contribution is -0.118. The highest BCUT2D eigenvalue weighted by Gasteiger charge is 2.11. The minimum atomic E-state index is -0.276. The molecule has 0 aliphatic heterocycles. The maximum atomic E-state index is 12.4. The van der Waals surface area contributed by atoms with Crippen LogP contribution in [0.2, 0.25) is 5.02 Å². The van der Waals surface area contributed by atoms with Gasteiger partial charge in [0.1, 0.15) is 11.3 Å². The van der Waals surface area contributed by atoms with E-state index >= 15 is 0 Å². The van der Waals surface area contributed by atoms with Gasteiger partial charge in [-0.3, -0.25) is 9.78 Å². The van der Waals surface area contributed by atoms with Crippen molar-refractivity contribution in [3.63, 3.8) is 0 Å². The molecule has 0 atom stereocenters. The Morgan fingerprint density at radius 3 is 2.85 bits per heavy atom. The third kappa shape index (κ3) is 3.61. The lowest BCUT2D eigenvalue weighted by Gasteiger charge is -2.13. The van der Waals surface area contributed by atoms with Gasteiger partial charge in [-0.05, 0) is 36.4 Å². The van der Waals surface area contributed by atoms with Gasteiger partial charge in [0.05, 0.1) is 22.7 Å². The second-order valence-electron chi connectivity index (χ2n) is 5.77. The first-order valence-corrected chi connectivity index (χ1v) is 8.63. The van der Waals surface area contributed by atoms with Crippen molar-refractivity contribution in [3.8, 4) is 11.4 Å². The van der Waals surface area contributed by atoms with Gasteiger partial charge < -0.3 is 14.6 Å². The third-order valence-corrected chi connectivity index (χ3v) is 4.33. The SMILES string of the molecule is O=C(COc1ccc(Cl)c2cccnc12)Nc1ccccc1-n1ccnc1. The zero-order valence-electron chi connectivity index (χ0n) is 14.2. The number of hydrogen-bond acceptors (Lipinski definition) is 4. The highest BCUT2D eigenvalue weighted by Crippen LogP contribution is 2.29. The smallest absolute Gasteiger partial charge is 0.262 e. The molecule has 0 spiro atoms. The summed E-state index contributed by atoms with van der Waals surface area (Å²) in [6, 6.07) is 14.6. The predicted octanol–water partition coefficient (Wildman–Crippen LogP) is 4.09. The molecule has 2 aromatic heterocycles. The summed E-state index contributed by atoms with van der Waals surface area (Å²) in [5.74, 6) is 0.231. The fourth-order valence-electron chi connectivity index (χ4n) is 2.76. The molecule has 0 unspecified atom stereocenters. The minimum Gasteiger partial charge on any atom is -0.481 e. The van der Waals surface area contributed by atoms with Gasteiger partial charge in [-0.25, -0.2) is 4.98 Å². The van der Waals surface area contributed by atoms with Gasteiger partial charge in [0.25, 0.3) is 5.91 Å². The first kappa shape index (κ1) is 17.1. The topological polar surface area (TPSA) is 69.0 Å². The molecule has 0 saturated carbocycles. The first-order chi connectivity index (χ1) is 13.2. The van der Waals surface area contributed by atoms with Crippen molar-refractivity contribution in [2.75, 3.05) is 11.9 Å². The van der Waals surface area contributed by atoms with Crippen LogP contribution >= 0.6 is 11.6 Å². The van der Waals surface area contributed by atoms with Crippen LogP contribution in [0.1, 0.15) is 0 Å². The highest BCUT2D eigenvalue weighted by molar-refractivity contribution is 6.35. The molecule has 0 aliphatic carbocycles. The Balaban J connectivity index is 1.50. The van der Waals surface area contributed by atoms with Crippen molar-refractivity contribution >= 4 is 34.1 Å². The van der Waals surface area contributed by atoms with Crippen molar-refractivity contribution in [3.05, 3.63) is 78.5 Å². The average Bonchev–Trinajstić information content (AvgIpc) is 3.23. The zero-order chi connectivity index (χ0) is 18.6. The Morgan fingerprint density at radius 2 is 2.00 bits per heavy atom. The Kier molecular flexibility index (Phi) is 4.72. The molecule has 0 fully saturated rings. The van der Waals surface area contributed by atoms with E-state index in [4.69, 9.17) is 16.3 Å². The summed E-state index contributed by atoms with van der Waals surface area (Å²) < 4.78 is 7.51. The van der Waals surface area contributed by atoms with E-state index in [1.165, 1.54) is 0 Å². The number of fused-ring (bicyclic) bond motifs is 1. The molecule has 1 N–H and O–H groups in total. The van der Waals surface area contributed by atoms with Crippen LogP contribution in [-0.2, 0) is 4.79 Å². The summed E-state index contributed by atoms with van der Waals surface area (Å²) in [4.78, 5) is 20.7. The average molecular weight is 379 g/mol. The Hall–Kier alpha value is -3.38. The van der Waals surface area contributed by atoms with Crippen molar-refractivity contribution in [2.24, 2.45) is 0 Å². The Labute approximate surface area is 160 Å². The van der Waals surface area contributed by atoms with Gasteiger partial charge in [-0.15, -0.1) is 0 Å². The molecule has 6 nitrogen and oxygen atoms in total. The fourth-order valence-corrected chi connectivity index (χ4v) is 2.98. The third-order valence-electron chi connectivity index (χ3n) is 4.00. The number of amides is 1. The number of anilines is 1. The van der Waals surface area contributed by atoms with Gasteiger partial charge in [0.15, 0.2) is 6.61 Å². The van der Waals surface area contributed by atoms with Crippen LogP contribution < -0.4 is 10.1 Å². The molecule has 4 rings (SSSR count). The summed E-state index contributed by atoms with van der Waals surface area (Å²) in [5.41, 5.74) is 2.11. The normalized spacial score (nSPS) is 10.7. The molecule has 4 aromatic rings. The second kappa shape index (κ2) is 7.47. The van der Waals surface area contributed by atoms with Crippen LogP contribution in [0.15, 0.2) is 73.4 Å². The molecule has 7 heteroatoms. The maximum absolute atomic E-state index is 12.4. The van der Waals surface area contributed by atoms with Crippen molar-refractivity contribution in [2.45, 2.75) is 0 Å². The van der Waals surface area contributed by atoms with Crippen LogP contribution in [-0.4, -0.2) is 27.0 Å². The predicted molar refractivity (Wildman–Crippen MR) is 104 cm³/mol. The summed E-state index contributed by atoms with van der Waals surface area (Å²) in [7, 11) is 0. The molecule has 2 aromatic carbocycles. The number of benzene rings is 2.